The molecule has 2 atom stereocenters. The molecular weight excluding hydrogens is 511 g/mol. The topological polar surface area (TPSA) is 77.1 Å². The van der Waals surface area contributed by atoms with E-state index < -0.39 is 12.0 Å². The summed E-state index contributed by atoms with van der Waals surface area (Å²) in [6, 6.07) is 25.0. The third-order valence-electron chi connectivity index (χ3n) is 7.11. The highest BCUT2D eigenvalue weighted by Gasteiger charge is 2.44. The number of carbonyl (C=O) groups is 2. The van der Waals surface area contributed by atoms with Gasteiger partial charge in [0.2, 0.25) is 5.91 Å². The summed E-state index contributed by atoms with van der Waals surface area (Å²) in [6.45, 7) is 0.180. The third kappa shape index (κ3) is 5.20. The number of nitrogens with zero attached hydrogens (tertiary/aromatic N) is 1. The number of anilines is 1. The number of amides is 2. The molecule has 2 unspecified atom stereocenters. The summed E-state index contributed by atoms with van der Waals surface area (Å²) in [5.74, 6) is 0.0218. The molecule has 4 aromatic carbocycles. The summed E-state index contributed by atoms with van der Waals surface area (Å²) in [4.78, 5) is 29.8. The Bertz CT molecular complexity index is 1520. The zero-order valence-corrected chi connectivity index (χ0v) is 22.4. The number of benzene rings is 4. The van der Waals surface area contributed by atoms with Gasteiger partial charge in [0, 0.05) is 18.2 Å². The summed E-state index contributed by atoms with van der Waals surface area (Å²) in [5.41, 5.74) is 3.03. The van der Waals surface area contributed by atoms with Crippen LogP contribution in [0.5, 0.6) is 17.2 Å². The van der Waals surface area contributed by atoms with Gasteiger partial charge in [0.25, 0.3) is 5.91 Å². The quantitative estimate of drug-likeness (QED) is 0.298. The Hall–Kier alpha value is -4.85. The first-order valence-corrected chi connectivity index (χ1v) is 12.7. The minimum atomic E-state index is -0.769. The molecule has 8 heteroatoms. The highest BCUT2D eigenvalue weighted by molar-refractivity contribution is 6.04. The predicted octanol–water partition coefficient (Wildman–Crippen LogP) is 5.97. The number of fused-ring (bicyclic) bond motifs is 1. The minimum absolute atomic E-state index is 0.180. The van der Waals surface area contributed by atoms with Gasteiger partial charge in [0.05, 0.1) is 39.0 Å². The van der Waals surface area contributed by atoms with Crippen molar-refractivity contribution in [1.82, 2.24) is 4.90 Å². The zero-order valence-electron chi connectivity index (χ0n) is 22.4. The Morgan fingerprint density at radius 1 is 0.850 bits per heavy atom. The SMILES string of the molecule is COc1ccc(C2C(C(=O)Nc3ccc(OC)cc3OC)c3ccccc3C(=O)N2Cc2ccc(F)cc2)cc1. The number of hydrogen-bond donors (Lipinski definition) is 1. The Morgan fingerprint density at radius 2 is 1.52 bits per heavy atom. The van der Waals surface area contributed by atoms with E-state index >= 15 is 0 Å². The van der Waals surface area contributed by atoms with Gasteiger partial charge < -0.3 is 24.4 Å². The molecule has 1 aliphatic heterocycles. The predicted molar refractivity (Wildman–Crippen MR) is 149 cm³/mol. The van der Waals surface area contributed by atoms with Crippen molar-refractivity contribution in [3.05, 3.63) is 119 Å². The van der Waals surface area contributed by atoms with E-state index in [4.69, 9.17) is 14.2 Å². The number of hydrogen-bond acceptors (Lipinski definition) is 5. The summed E-state index contributed by atoms with van der Waals surface area (Å²) in [7, 11) is 4.65. The molecule has 5 rings (SSSR count). The number of rotatable bonds is 8. The summed E-state index contributed by atoms with van der Waals surface area (Å²) in [6.07, 6.45) is 0. The molecule has 0 aliphatic carbocycles. The average molecular weight is 541 g/mol. The number of carbonyl (C=O) groups excluding carboxylic acids is 2. The maximum Gasteiger partial charge on any atom is 0.255 e. The van der Waals surface area contributed by atoms with Crippen LogP contribution in [-0.4, -0.2) is 38.0 Å². The molecule has 1 aliphatic rings. The van der Waals surface area contributed by atoms with Crippen LogP contribution in [0.15, 0.2) is 91.0 Å². The fraction of sp³-hybridized carbons (Fsp3) is 0.188. The van der Waals surface area contributed by atoms with E-state index in [1.807, 2.05) is 24.3 Å². The smallest absolute Gasteiger partial charge is 0.255 e. The first-order chi connectivity index (χ1) is 19.4. The van der Waals surface area contributed by atoms with Crippen molar-refractivity contribution in [2.45, 2.75) is 18.5 Å². The van der Waals surface area contributed by atoms with Crippen LogP contribution in [0.3, 0.4) is 0 Å². The van der Waals surface area contributed by atoms with Gasteiger partial charge in [-0.05, 0) is 59.2 Å². The van der Waals surface area contributed by atoms with Crippen LogP contribution in [0, 0.1) is 5.82 Å². The number of nitrogens with one attached hydrogen (secondary N) is 1. The van der Waals surface area contributed by atoms with Crippen molar-refractivity contribution >= 4 is 17.5 Å². The Labute approximate surface area is 232 Å². The van der Waals surface area contributed by atoms with Crippen LogP contribution < -0.4 is 19.5 Å². The lowest BCUT2D eigenvalue weighted by Gasteiger charge is -2.42. The summed E-state index contributed by atoms with van der Waals surface area (Å²) >= 11 is 0. The van der Waals surface area contributed by atoms with Crippen molar-refractivity contribution < 1.29 is 28.2 Å². The Balaban J connectivity index is 1.63. The molecule has 0 saturated carbocycles. The fourth-order valence-electron chi connectivity index (χ4n) is 5.12. The first-order valence-electron chi connectivity index (χ1n) is 12.7. The van der Waals surface area contributed by atoms with Gasteiger partial charge >= 0.3 is 0 Å². The highest BCUT2D eigenvalue weighted by Crippen LogP contribution is 2.45. The van der Waals surface area contributed by atoms with E-state index in [1.54, 1.807) is 73.7 Å². The molecule has 0 fully saturated rings. The van der Waals surface area contributed by atoms with E-state index in [2.05, 4.69) is 5.32 Å². The van der Waals surface area contributed by atoms with E-state index in [0.29, 0.717) is 34.1 Å². The molecule has 2 amide bonds. The Morgan fingerprint density at radius 3 is 2.20 bits per heavy atom. The Kier molecular flexibility index (Phi) is 7.68. The van der Waals surface area contributed by atoms with E-state index in [-0.39, 0.29) is 24.2 Å². The molecule has 1 heterocycles. The van der Waals surface area contributed by atoms with Crippen LogP contribution in [-0.2, 0) is 11.3 Å². The maximum absolute atomic E-state index is 14.2. The molecule has 0 spiro atoms. The standard InChI is InChI=1S/C32H29FN2O5/c1-38-23-14-10-21(11-15-23)30-29(31(36)34-27-17-16-24(39-2)18-28(27)40-3)25-6-4-5-7-26(25)32(37)35(30)19-20-8-12-22(33)13-9-20/h4-18,29-30H,19H2,1-3H3,(H,34,36). The molecular formula is C32H29FN2O5. The zero-order chi connectivity index (χ0) is 28.2. The number of halogens is 1. The molecule has 4 aromatic rings. The van der Waals surface area contributed by atoms with Gasteiger partial charge in [-0.2, -0.15) is 0 Å². The van der Waals surface area contributed by atoms with Crippen molar-refractivity contribution in [3.63, 3.8) is 0 Å². The molecule has 1 N–H and O–H groups in total. The van der Waals surface area contributed by atoms with Crippen molar-refractivity contribution in [2.24, 2.45) is 0 Å². The van der Waals surface area contributed by atoms with Crippen LogP contribution in [0.2, 0.25) is 0 Å². The summed E-state index contributed by atoms with van der Waals surface area (Å²) in [5, 5.41) is 3.02. The largest absolute Gasteiger partial charge is 0.497 e. The average Bonchev–Trinajstić information content (AvgIpc) is 2.99. The number of methoxy groups -OCH3 is 3. The normalized spacial score (nSPS) is 16.2. The van der Waals surface area contributed by atoms with Crippen molar-refractivity contribution in [1.29, 1.82) is 0 Å². The van der Waals surface area contributed by atoms with Gasteiger partial charge in [0.1, 0.15) is 23.1 Å². The van der Waals surface area contributed by atoms with Gasteiger partial charge in [-0.1, -0.05) is 42.5 Å². The maximum atomic E-state index is 14.2. The van der Waals surface area contributed by atoms with Crippen LogP contribution >= 0.6 is 0 Å². The van der Waals surface area contributed by atoms with Crippen LogP contribution in [0.25, 0.3) is 0 Å². The molecule has 40 heavy (non-hydrogen) atoms. The summed E-state index contributed by atoms with van der Waals surface area (Å²) < 4.78 is 29.8. The lowest BCUT2D eigenvalue weighted by atomic mass is 9.79. The monoisotopic (exact) mass is 540 g/mol. The molecule has 204 valence electrons. The fourth-order valence-corrected chi connectivity index (χ4v) is 5.12. The van der Waals surface area contributed by atoms with Gasteiger partial charge in [0.15, 0.2) is 0 Å². The lowest BCUT2D eigenvalue weighted by Crippen LogP contribution is -2.45. The van der Waals surface area contributed by atoms with E-state index in [9.17, 15) is 14.0 Å². The van der Waals surface area contributed by atoms with Crippen LogP contribution in [0.1, 0.15) is 39.0 Å². The third-order valence-corrected chi connectivity index (χ3v) is 7.11. The second-order valence-electron chi connectivity index (χ2n) is 9.40. The van der Waals surface area contributed by atoms with Crippen molar-refractivity contribution in [3.8, 4) is 17.2 Å². The van der Waals surface area contributed by atoms with Crippen molar-refractivity contribution in [2.75, 3.05) is 26.6 Å². The second kappa shape index (κ2) is 11.5. The molecule has 0 radical (unpaired) electrons. The van der Waals surface area contributed by atoms with E-state index in [1.165, 1.54) is 19.2 Å². The molecule has 0 aromatic heterocycles. The van der Waals surface area contributed by atoms with E-state index in [0.717, 1.165) is 11.1 Å². The first kappa shape index (κ1) is 26.7. The van der Waals surface area contributed by atoms with Crippen LogP contribution in [0.4, 0.5) is 10.1 Å². The lowest BCUT2D eigenvalue weighted by molar-refractivity contribution is -0.119. The minimum Gasteiger partial charge on any atom is -0.497 e. The molecule has 0 saturated heterocycles. The number of ether oxygens (including phenoxy) is 3. The second-order valence-corrected chi connectivity index (χ2v) is 9.40. The van der Waals surface area contributed by atoms with Gasteiger partial charge in [-0.3, -0.25) is 9.59 Å². The molecule has 7 nitrogen and oxygen atoms in total. The molecule has 0 bridgehead atoms. The highest BCUT2D eigenvalue weighted by atomic mass is 19.1. The van der Waals surface area contributed by atoms with Gasteiger partial charge in [-0.25, -0.2) is 4.39 Å². The van der Waals surface area contributed by atoms with Gasteiger partial charge in [-0.15, -0.1) is 0 Å².